The number of carboxylic acids is 1. The van der Waals surface area contributed by atoms with Gasteiger partial charge in [0.2, 0.25) is 0 Å². The van der Waals surface area contributed by atoms with E-state index >= 15 is 0 Å². The summed E-state index contributed by atoms with van der Waals surface area (Å²) in [6, 6.07) is 13.1. The molecular formula is C27H35NO3. The normalized spacial score (nSPS) is 30.9. The molecule has 4 nitrogen and oxygen atoms in total. The average molecular weight is 422 g/mol. The largest absolute Gasteiger partial charge is 0.490 e. The number of ether oxygens (including phenoxy) is 1. The molecule has 3 fully saturated rings. The zero-order valence-corrected chi connectivity index (χ0v) is 19.0. The predicted octanol–water partition coefficient (Wildman–Crippen LogP) is 5.59. The molecule has 2 unspecified atom stereocenters. The number of aliphatic carboxylic acids is 1. The Balaban J connectivity index is 1.18. The van der Waals surface area contributed by atoms with Crippen LogP contribution in [-0.2, 0) is 11.3 Å². The van der Waals surface area contributed by atoms with Crippen LogP contribution in [-0.4, -0.2) is 35.2 Å². The molecule has 2 aromatic rings. The van der Waals surface area contributed by atoms with Gasteiger partial charge in [0.15, 0.2) is 0 Å². The van der Waals surface area contributed by atoms with Crippen molar-refractivity contribution in [3.05, 3.63) is 42.0 Å². The lowest BCUT2D eigenvalue weighted by Gasteiger charge is -2.37. The first-order valence-electron chi connectivity index (χ1n) is 11.9. The van der Waals surface area contributed by atoms with Crippen molar-refractivity contribution in [2.45, 2.75) is 59.1 Å². The van der Waals surface area contributed by atoms with Gasteiger partial charge in [0.05, 0.1) is 12.0 Å². The number of benzene rings is 2. The number of fused-ring (bicyclic) bond motifs is 2. The lowest BCUT2D eigenvalue weighted by atomic mass is 9.72. The Morgan fingerprint density at radius 2 is 1.65 bits per heavy atom. The fraction of sp³-hybridized carbons (Fsp3) is 0.593. The molecule has 0 bridgehead atoms. The van der Waals surface area contributed by atoms with E-state index in [1.807, 2.05) is 0 Å². The van der Waals surface area contributed by atoms with Crippen molar-refractivity contribution in [1.82, 2.24) is 4.90 Å². The highest BCUT2D eigenvalue weighted by Gasteiger charge is 2.59. The minimum absolute atomic E-state index is 0.0882. The van der Waals surface area contributed by atoms with Gasteiger partial charge >= 0.3 is 5.97 Å². The van der Waals surface area contributed by atoms with Gasteiger partial charge in [-0.25, -0.2) is 0 Å². The van der Waals surface area contributed by atoms with Crippen LogP contribution in [0.3, 0.4) is 0 Å². The van der Waals surface area contributed by atoms with Crippen LogP contribution in [0.2, 0.25) is 0 Å². The fourth-order valence-corrected chi connectivity index (χ4v) is 6.05. The molecule has 1 N–H and O–H groups in total. The summed E-state index contributed by atoms with van der Waals surface area (Å²) in [5, 5.41) is 11.7. The van der Waals surface area contributed by atoms with E-state index < -0.39 is 5.97 Å². The predicted molar refractivity (Wildman–Crippen MR) is 123 cm³/mol. The minimum atomic E-state index is -0.611. The smallest absolute Gasteiger partial charge is 0.307 e. The molecule has 0 aromatic heterocycles. The molecule has 5 rings (SSSR count). The summed E-state index contributed by atoms with van der Waals surface area (Å²) in [7, 11) is 0. The number of carbonyl (C=O) groups is 1. The molecule has 0 amide bonds. The Morgan fingerprint density at radius 1 is 1.00 bits per heavy atom. The monoisotopic (exact) mass is 421 g/mol. The molecule has 2 aromatic carbocycles. The molecule has 166 valence electrons. The Hall–Kier alpha value is -2.07. The highest BCUT2D eigenvalue weighted by atomic mass is 16.5. The number of piperidine rings is 1. The zero-order valence-electron chi connectivity index (χ0n) is 19.0. The lowest BCUT2D eigenvalue weighted by molar-refractivity contribution is -0.139. The van der Waals surface area contributed by atoms with Gasteiger partial charge in [-0.3, -0.25) is 9.69 Å². The number of rotatable bonds is 5. The quantitative estimate of drug-likeness (QED) is 0.684. The van der Waals surface area contributed by atoms with Crippen LogP contribution in [0.25, 0.3) is 10.8 Å². The number of nitrogens with zero attached hydrogens (tertiary/aromatic N) is 1. The van der Waals surface area contributed by atoms with Crippen LogP contribution in [0.4, 0.5) is 0 Å². The number of hydrogen-bond donors (Lipinski definition) is 1. The summed E-state index contributed by atoms with van der Waals surface area (Å²) in [5.41, 5.74) is 1.70. The van der Waals surface area contributed by atoms with Crippen LogP contribution >= 0.6 is 0 Å². The number of hydrogen-bond acceptors (Lipinski definition) is 3. The summed E-state index contributed by atoms with van der Waals surface area (Å²) in [5.74, 6) is 1.83. The minimum Gasteiger partial charge on any atom is -0.490 e. The first-order valence-corrected chi connectivity index (χ1v) is 11.9. The van der Waals surface area contributed by atoms with Crippen LogP contribution in [0, 0.1) is 29.1 Å². The maximum absolute atomic E-state index is 11.2. The van der Waals surface area contributed by atoms with Crippen LogP contribution in [0.5, 0.6) is 5.75 Å². The molecular weight excluding hydrogens is 386 g/mol. The number of carboxylic acid groups (broad SMARTS) is 1. The second-order valence-corrected chi connectivity index (χ2v) is 11.2. The van der Waals surface area contributed by atoms with Crippen molar-refractivity contribution in [2.24, 2.45) is 29.1 Å². The summed E-state index contributed by atoms with van der Waals surface area (Å²) >= 11 is 0. The van der Waals surface area contributed by atoms with Crippen molar-refractivity contribution in [3.63, 3.8) is 0 Å². The van der Waals surface area contributed by atoms with Gasteiger partial charge in [0.25, 0.3) is 0 Å². The van der Waals surface area contributed by atoms with Crippen molar-refractivity contribution >= 4 is 16.7 Å². The van der Waals surface area contributed by atoms with E-state index in [1.165, 1.54) is 29.2 Å². The third-order valence-electron chi connectivity index (χ3n) is 8.04. The Bertz CT molecular complexity index is 958. The summed E-state index contributed by atoms with van der Waals surface area (Å²) < 4.78 is 6.35. The lowest BCUT2D eigenvalue weighted by Crippen LogP contribution is -2.30. The van der Waals surface area contributed by atoms with Crippen LogP contribution in [0.1, 0.15) is 52.0 Å². The Kier molecular flexibility index (Phi) is 5.24. The van der Waals surface area contributed by atoms with Gasteiger partial charge in [-0.1, -0.05) is 39.0 Å². The standard InChI is InChI=1S/C27H35NO3/c1-27(2,3)20-7-10-21(11-8-20)31-22-9-6-18-12-17(4-5-19(18)13-22)14-28-15-23-24(16-28)25(23)26(29)30/h4-6,9,12-13,20-21,23-25H,7-8,10-11,14-16H2,1-3H3,(H,29,30). The Labute approximate surface area is 185 Å². The summed E-state index contributed by atoms with van der Waals surface area (Å²) in [4.78, 5) is 13.6. The van der Waals surface area contributed by atoms with E-state index in [0.29, 0.717) is 23.4 Å². The van der Waals surface area contributed by atoms with Crippen molar-refractivity contribution in [2.75, 3.05) is 13.1 Å². The van der Waals surface area contributed by atoms with Crippen molar-refractivity contribution in [1.29, 1.82) is 0 Å². The maximum atomic E-state index is 11.2. The van der Waals surface area contributed by atoms with Gasteiger partial charge < -0.3 is 9.84 Å². The molecule has 1 aliphatic heterocycles. The van der Waals surface area contributed by atoms with E-state index in [1.54, 1.807) is 0 Å². The molecule has 2 aliphatic carbocycles. The van der Waals surface area contributed by atoms with Crippen molar-refractivity contribution in [3.8, 4) is 5.75 Å². The van der Waals surface area contributed by atoms with Crippen LogP contribution in [0.15, 0.2) is 36.4 Å². The van der Waals surface area contributed by atoms with Gasteiger partial charge in [-0.15, -0.1) is 0 Å². The van der Waals surface area contributed by atoms with E-state index in [4.69, 9.17) is 4.74 Å². The Morgan fingerprint density at radius 3 is 2.29 bits per heavy atom. The summed E-state index contributed by atoms with van der Waals surface area (Å²) in [6.07, 6.45) is 5.16. The topological polar surface area (TPSA) is 49.8 Å². The molecule has 0 spiro atoms. The van der Waals surface area contributed by atoms with Crippen molar-refractivity contribution < 1.29 is 14.6 Å². The molecule has 3 aliphatic rings. The third-order valence-corrected chi connectivity index (χ3v) is 8.04. The second kappa shape index (κ2) is 7.81. The van der Waals surface area contributed by atoms with Gasteiger partial charge in [-0.05, 0) is 83.4 Å². The maximum Gasteiger partial charge on any atom is 0.307 e. The van der Waals surface area contributed by atoms with Gasteiger partial charge in [-0.2, -0.15) is 0 Å². The third kappa shape index (κ3) is 4.32. The molecule has 1 heterocycles. The summed E-state index contributed by atoms with van der Waals surface area (Å²) in [6.45, 7) is 9.82. The molecule has 0 radical (unpaired) electrons. The average Bonchev–Trinajstić information content (AvgIpc) is 3.24. The fourth-order valence-electron chi connectivity index (χ4n) is 6.05. The molecule has 31 heavy (non-hydrogen) atoms. The molecule has 2 atom stereocenters. The molecule has 4 heteroatoms. The SMILES string of the molecule is CC(C)(C)C1CCC(Oc2ccc3cc(CN4CC5C(C4)C5C(=O)O)ccc3c2)CC1. The first kappa shape index (κ1) is 20.8. The van der Waals surface area contributed by atoms with Gasteiger partial charge in [0, 0.05) is 19.6 Å². The van der Waals surface area contributed by atoms with E-state index in [-0.39, 0.29) is 5.92 Å². The van der Waals surface area contributed by atoms with E-state index in [2.05, 4.69) is 62.1 Å². The van der Waals surface area contributed by atoms with Gasteiger partial charge in [0.1, 0.15) is 5.75 Å². The zero-order chi connectivity index (χ0) is 21.8. The number of likely N-dealkylation sites (tertiary alicyclic amines) is 1. The molecule has 2 saturated carbocycles. The molecule has 1 saturated heterocycles. The second-order valence-electron chi connectivity index (χ2n) is 11.2. The highest BCUT2D eigenvalue weighted by Crippen LogP contribution is 2.52. The van der Waals surface area contributed by atoms with E-state index in [9.17, 15) is 9.90 Å². The highest BCUT2D eigenvalue weighted by molar-refractivity contribution is 5.84. The van der Waals surface area contributed by atoms with Crippen LogP contribution < -0.4 is 4.74 Å². The van der Waals surface area contributed by atoms with E-state index in [0.717, 1.165) is 44.1 Å². The first-order chi connectivity index (χ1) is 14.8.